The van der Waals surface area contributed by atoms with E-state index >= 15 is 0 Å². The Kier molecular flexibility index (Phi) is 3.04. The van der Waals surface area contributed by atoms with Crippen LogP contribution in [0.2, 0.25) is 0 Å². The molecule has 0 saturated carbocycles. The molecule has 2 aliphatic rings. The van der Waals surface area contributed by atoms with Crippen molar-refractivity contribution < 1.29 is 19.1 Å². The molecule has 2 saturated heterocycles. The molecule has 0 aliphatic carbocycles. The van der Waals surface area contributed by atoms with E-state index in [0.29, 0.717) is 13.1 Å². The third-order valence-electron chi connectivity index (χ3n) is 2.97. The van der Waals surface area contributed by atoms with Gasteiger partial charge in [0.25, 0.3) is 0 Å². The standard InChI is InChI=1S/C12H18N2O4/c1-12(2,3)18-11(17)13-5-8(6-13)14-7-9(15)4-10(14)16/h8H,4-7H2,1-3H3. The van der Waals surface area contributed by atoms with Gasteiger partial charge in [0, 0.05) is 13.1 Å². The van der Waals surface area contributed by atoms with E-state index < -0.39 is 5.60 Å². The van der Waals surface area contributed by atoms with Crippen molar-refractivity contribution >= 4 is 17.8 Å². The summed E-state index contributed by atoms with van der Waals surface area (Å²) in [6, 6.07) is -0.0310. The van der Waals surface area contributed by atoms with Crippen molar-refractivity contribution in [3.05, 3.63) is 0 Å². The minimum absolute atomic E-state index is 0.00291. The summed E-state index contributed by atoms with van der Waals surface area (Å²) in [5.74, 6) is -0.176. The van der Waals surface area contributed by atoms with Crippen LogP contribution in [-0.2, 0) is 14.3 Å². The Balaban J connectivity index is 1.82. The van der Waals surface area contributed by atoms with E-state index in [-0.39, 0.29) is 36.8 Å². The maximum absolute atomic E-state index is 11.7. The monoisotopic (exact) mass is 254 g/mol. The van der Waals surface area contributed by atoms with Gasteiger partial charge in [-0.1, -0.05) is 0 Å². The predicted octanol–water partition coefficient (Wildman–Crippen LogP) is 0.407. The van der Waals surface area contributed by atoms with Gasteiger partial charge in [-0.05, 0) is 20.8 Å². The lowest BCUT2D eigenvalue weighted by Gasteiger charge is -2.43. The second kappa shape index (κ2) is 4.26. The number of likely N-dealkylation sites (tertiary alicyclic amines) is 2. The fraction of sp³-hybridized carbons (Fsp3) is 0.750. The average Bonchev–Trinajstić information content (AvgIpc) is 2.39. The lowest BCUT2D eigenvalue weighted by molar-refractivity contribution is -0.132. The third-order valence-corrected chi connectivity index (χ3v) is 2.97. The molecule has 0 N–H and O–H groups in total. The second-order valence-corrected chi connectivity index (χ2v) is 5.78. The molecule has 2 aliphatic heterocycles. The number of carbonyl (C=O) groups is 3. The Morgan fingerprint density at radius 3 is 2.33 bits per heavy atom. The van der Waals surface area contributed by atoms with Crippen LogP contribution in [0.3, 0.4) is 0 Å². The number of hydrogen-bond donors (Lipinski definition) is 0. The molecule has 0 spiro atoms. The Morgan fingerprint density at radius 2 is 1.89 bits per heavy atom. The highest BCUT2D eigenvalue weighted by atomic mass is 16.6. The Hall–Kier alpha value is -1.59. The lowest BCUT2D eigenvalue weighted by Crippen LogP contribution is -2.62. The molecule has 2 amide bonds. The van der Waals surface area contributed by atoms with Crippen LogP contribution in [0.4, 0.5) is 4.79 Å². The molecule has 2 fully saturated rings. The summed E-state index contributed by atoms with van der Waals surface area (Å²) in [6.07, 6.45) is -0.361. The van der Waals surface area contributed by atoms with Gasteiger partial charge >= 0.3 is 6.09 Å². The van der Waals surface area contributed by atoms with Crippen LogP contribution in [-0.4, -0.2) is 58.9 Å². The Labute approximate surface area is 106 Å². The van der Waals surface area contributed by atoms with Crippen molar-refractivity contribution in [3.8, 4) is 0 Å². The van der Waals surface area contributed by atoms with Crippen LogP contribution in [0.25, 0.3) is 0 Å². The fourth-order valence-corrected chi connectivity index (χ4v) is 2.07. The van der Waals surface area contributed by atoms with Gasteiger partial charge in [-0.3, -0.25) is 9.59 Å². The van der Waals surface area contributed by atoms with Gasteiger partial charge in [0.05, 0.1) is 19.0 Å². The topological polar surface area (TPSA) is 66.9 Å². The molecule has 2 rings (SSSR count). The van der Waals surface area contributed by atoms with E-state index in [1.54, 1.807) is 9.80 Å². The summed E-state index contributed by atoms with van der Waals surface area (Å²) in [6.45, 7) is 6.52. The third kappa shape index (κ3) is 2.63. The zero-order valence-electron chi connectivity index (χ0n) is 10.9. The predicted molar refractivity (Wildman–Crippen MR) is 62.9 cm³/mol. The number of amides is 2. The zero-order chi connectivity index (χ0) is 13.5. The molecule has 0 unspecified atom stereocenters. The van der Waals surface area contributed by atoms with Crippen molar-refractivity contribution in [3.63, 3.8) is 0 Å². The highest BCUT2D eigenvalue weighted by molar-refractivity contribution is 6.05. The number of carbonyl (C=O) groups excluding carboxylic acids is 3. The smallest absolute Gasteiger partial charge is 0.410 e. The largest absolute Gasteiger partial charge is 0.444 e. The molecule has 0 bridgehead atoms. The first-order valence-corrected chi connectivity index (χ1v) is 6.05. The molecular weight excluding hydrogens is 236 g/mol. The summed E-state index contributed by atoms with van der Waals surface area (Å²) in [7, 11) is 0. The van der Waals surface area contributed by atoms with Gasteiger partial charge in [0.2, 0.25) is 5.91 Å². The molecule has 0 radical (unpaired) electrons. The highest BCUT2D eigenvalue weighted by Gasteiger charge is 2.42. The van der Waals surface area contributed by atoms with E-state index in [0.717, 1.165) is 0 Å². The molecule has 100 valence electrons. The summed E-state index contributed by atoms with van der Waals surface area (Å²) < 4.78 is 5.22. The highest BCUT2D eigenvalue weighted by Crippen LogP contribution is 2.21. The van der Waals surface area contributed by atoms with E-state index in [1.165, 1.54) is 0 Å². The van der Waals surface area contributed by atoms with Crippen LogP contribution in [0, 0.1) is 0 Å². The molecule has 6 heteroatoms. The number of ketones is 1. The van der Waals surface area contributed by atoms with Crippen LogP contribution in [0.15, 0.2) is 0 Å². The second-order valence-electron chi connectivity index (χ2n) is 5.78. The first kappa shape index (κ1) is 12.9. The van der Waals surface area contributed by atoms with Crippen molar-refractivity contribution in [2.45, 2.75) is 38.8 Å². The Bertz CT molecular complexity index is 393. The molecule has 6 nitrogen and oxygen atoms in total. The van der Waals surface area contributed by atoms with E-state index in [4.69, 9.17) is 4.74 Å². The lowest BCUT2D eigenvalue weighted by atomic mass is 10.1. The van der Waals surface area contributed by atoms with E-state index in [1.807, 2.05) is 20.8 Å². The summed E-state index contributed by atoms with van der Waals surface area (Å²) >= 11 is 0. The minimum atomic E-state index is -0.512. The van der Waals surface area contributed by atoms with Crippen molar-refractivity contribution in [2.75, 3.05) is 19.6 Å². The number of rotatable bonds is 1. The number of Topliss-reactive ketones (excluding diaryl/α,β-unsaturated/α-hetero) is 1. The van der Waals surface area contributed by atoms with Gasteiger partial charge in [-0.2, -0.15) is 0 Å². The quantitative estimate of drug-likeness (QED) is 0.635. The minimum Gasteiger partial charge on any atom is -0.444 e. The maximum Gasteiger partial charge on any atom is 0.410 e. The molecule has 2 heterocycles. The first-order chi connectivity index (χ1) is 8.26. The number of hydrogen-bond acceptors (Lipinski definition) is 4. The van der Waals surface area contributed by atoms with Crippen LogP contribution >= 0.6 is 0 Å². The molecule has 0 aromatic carbocycles. The van der Waals surface area contributed by atoms with Crippen molar-refractivity contribution in [1.82, 2.24) is 9.80 Å². The van der Waals surface area contributed by atoms with Gasteiger partial charge in [-0.25, -0.2) is 4.79 Å². The first-order valence-electron chi connectivity index (χ1n) is 6.05. The molecule has 18 heavy (non-hydrogen) atoms. The van der Waals surface area contributed by atoms with E-state index in [9.17, 15) is 14.4 Å². The van der Waals surface area contributed by atoms with Crippen LogP contribution in [0.1, 0.15) is 27.2 Å². The maximum atomic E-state index is 11.7. The van der Waals surface area contributed by atoms with Gasteiger partial charge in [-0.15, -0.1) is 0 Å². The van der Waals surface area contributed by atoms with E-state index in [2.05, 4.69) is 0 Å². The molecule has 0 aromatic heterocycles. The normalized spacial score (nSPS) is 21.3. The molecule has 0 aromatic rings. The molecular formula is C12H18N2O4. The van der Waals surface area contributed by atoms with Crippen molar-refractivity contribution in [2.24, 2.45) is 0 Å². The van der Waals surface area contributed by atoms with Crippen LogP contribution in [0.5, 0.6) is 0 Å². The average molecular weight is 254 g/mol. The number of ether oxygens (including phenoxy) is 1. The SMILES string of the molecule is CC(C)(C)OC(=O)N1CC(N2CC(=O)CC2=O)C1. The summed E-state index contributed by atoms with van der Waals surface area (Å²) in [4.78, 5) is 37.4. The fourth-order valence-electron chi connectivity index (χ4n) is 2.07. The van der Waals surface area contributed by atoms with Crippen LogP contribution < -0.4 is 0 Å². The summed E-state index contributed by atoms with van der Waals surface area (Å²) in [5, 5.41) is 0. The van der Waals surface area contributed by atoms with Crippen molar-refractivity contribution in [1.29, 1.82) is 0 Å². The summed E-state index contributed by atoms with van der Waals surface area (Å²) in [5.41, 5.74) is -0.512. The van der Waals surface area contributed by atoms with Gasteiger partial charge in [0.1, 0.15) is 5.60 Å². The molecule has 0 atom stereocenters. The number of nitrogens with zero attached hydrogens (tertiary/aromatic N) is 2. The van der Waals surface area contributed by atoms with Gasteiger partial charge < -0.3 is 14.5 Å². The van der Waals surface area contributed by atoms with Gasteiger partial charge in [0.15, 0.2) is 5.78 Å². The zero-order valence-corrected chi connectivity index (χ0v) is 10.9. The Morgan fingerprint density at radius 1 is 1.28 bits per heavy atom.